The Kier molecular flexibility index (Phi) is 8.21. The molecule has 180 valence electrons. The second kappa shape index (κ2) is 11.3. The molecule has 0 atom stereocenters. The van der Waals surface area contributed by atoms with Gasteiger partial charge < -0.3 is 9.47 Å². The Morgan fingerprint density at radius 1 is 1.06 bits per heavy atom. The molecule has 0 spiro atoms. The number of benzene rings is 3. The van der Waals surface area contributed by atoms with Crippen molar-refractivity contribution in [3.8, 4) is 11.5 Å². The number of carbonyl (C=O) groups excluding carboxylic acids is 2. The maximum absolute atomic E-state index is 13.0. The van der Waals surface area contributed by atoms with Gasteiger partial charge >= 0.3 is 0 Å². The summed E-state index contributed by atoms with van der Waals surface area (Å²) < 4.78 is 12.6. The lowest BCUT2D eigenvalue weighted by molar-refractivity contribution is -0.123. The molecule has 35 heavy (non-hydrogen) atoms. The number of carbonyl (C=O) groups is 2. The molecule has 3 aromatic rings. The Morgan fingerprint density at radius 3 is 2.51 bits per heavy atom. The Labute approximate surface area is 222 Å². The van der Waals surface area contributed by atoms with Crippen molar-refractivity contribution in [1.29, 1.82) is 0 Å². The number of hydrogen-bond donors (Lipinski definition) is 0. The second-order valence-electron chi connectivity index (χ2n) is 7.90. The summed E-state index contributed by atoms with van der Waals surface area (Å²) >= 11 is 10.9. The van der Waals surface area contributed by atoms with Gasteiger partial charge in [0.1, 0.15) is 6.61 Å². The third-order valence-corrected chi connectivity index (χ3v) is 7.25. The van der Waals surface area contributed by atoms with Crippen LogP contribution in [0, 0.1) is 6.92 Å². The number of thioether (sulfide) groups is 1. The van der Waals surface area contributed by atoms with Crippen molar-refractivity contribution in [1.82, 2.24) is 4.90 Å². The first-order chi connectivity index (χ1) is 16.9. The van der Waals surface area contributed by atoms with Crippen LogP contribution in [0.4, 0.5) is 4.79 Å². The number of halogens is 2. The first-order valence-corrected chi connectivity index (χ1v) is 13.0. The van der Waals surface area contributed by atoms with Crippen molar-refractivity contribution >= 4 is 56.5 Å². The zero-order valence-corrected chi connectivity index (χ0v) is 22.4. The highest BCUT2D eigenvalue weighted by atomic mass is 79.9. The molecule has 3 aromatic carbocycles. The molecule has 2 amide bonds. The van der Waals surface area contributed by atoms with Gasteiger partial charge in [-0.1, -0.05) is 75.6 Å². The zero-order valence-electron chi connectivity index (χ0n) is 19.2. The lowest BCUT2D eigenvalue weighted by Crippen LogP contribution is -2.27. The maximum atomic E-state index is 13.0. The van der Waals surface area contributed by atoms with Crippen LogP contribution in [0.2, 0.25) is 5.02 Å². The number of aryl methyl sites for hydroxylation is 1. The van der Waals surface area contributed by atoms with Crippen LogP contribution >= 0.6 is 39.3 Å². The monoisotopic (exact) mass is 571 g/mol. The molecule has 0 aliphatic carbocycles. The topological polar surface area (TPSA) is 55.8 Å². The van der Waals surface area contributed by atoms with E-state index < -0.39 is 0 Å². The smallest absolute Gasteiger partial charge is 0.293 e. The van der Waals surface area contributed by atoms with Crippen molar-refractivity contribution in [2.45, 2.75) is 27.0 Å². The molecule has 0 N–H and O–H groups in total. The Morgan fingerprint density at radius 2 is 1.80 bits per heavy atom. The minimum Gasteiger partial charge on any atom is -0.490 e. The van der Waals surface area contributed by atoms with E-state index in [1.165, 1.54) is 10.5 Å². The summed E-state index contributed by atoms with van der Waals surface area (Å²) in [5, 5.41) is 0.0490. The van der Waals surface area contributed by atoms with Crippen molar-refractivity contribution in [2.75, 3.05) is 6.61 Å². The molecule has 0 unspecified atom stereocenters. The predicted molar refractivity (Wildman–Crippen MR) is 144 cm³/mol. The highest BCUT2D eigenvalue weighted by Gasteiger charge is 2.35. The van der Waals surface area contributed by atoms with E-state index in [9.17, 15) is 9.59 Å². The van der Waals surface area contributed by atoms with Gasteiger partial charge in [0.2, 0.25) is 0 Å². The quantitative estimate of drug-likeness (QED) is 0.260. The predicted octanol–water partition coefficient (Wildman–Crippen LogP) is 7.63. The van der Waals surface area contributed by atoms with Crippen LogP contribution in [0.3, 0.4) is 0 Å². The van der Waals surface area contributed by atoms with Gasteiger partial charge in [-0.15, -0.1) is 0 Å². The van der Waals surface area contributed by atoms with Gasteiger partial charge in [-0.05, 0) is 66.6 Å². The Hall–Kier alpha value is -2.74. The normalized spacial score (nSPS) is 14.6. The van der Waals surface area contributed by atoms with Crippen molar-refractivity contribution < 1.29 is 19.1 Å². The molecule has 0 radical (unpaired) electrons. The summed E-state index contributed by atoms with van der Waals surface area (Å²) in [6.45, 7) is 4.86. The molecule has 1 fully saturated rings. The number of imide groups is 1. The Balaban J connectivity index is 1.55. The molecule has 1 heterocycles. The first-order valence-electron chi connectivity index (χ1n) is 11.0. The molecule has 0 aromatic heterocycles. The number of rotatable bonds is 8. The molecule has 1 aliphatic heterocycles. The van der Waals surface area contributed by atoms with Crippen LogP contribution in [0.15, 0.2) is 70.0 Å². The lowest BCUT2D eigenvalue weighted by Gasteiger charge is -2.15. The SMILES string of the molecule is CCOc1cc(/C=C2\SC(=O)N(Cc3ccccc3Br)C2=O)cc(Cl)c1OCc1ccc(C)cc1. The lowest BCUT2D eigenvalue weighted by atomic mass is 10.1. The van der Waals surface area contributed by atoms with E-state index in [0.717, 1.165) is 27.4 Å². The van der Waals surface area contributed by atoms with E-state index in [4.69, 9.17) is 21.1 Å². The van der Waals surface area contributed by atoms with Crippen molar-refractivity contribution in [3.63, 3.8) is 0 Å². The zero-order chi connectivity index (χ0) is 24.9. The van der Waals surface area contributed by atoms with Crippen LogP contribution in [-0.2, 0) is 17.9 Å². The number of hydrogen-bond acceptors (Lipinski definition) is 5. The van der Waals surface area contributed by atoms with Crippen LogP contribution in [0.5, 0.6) is 11.5 Å². The summed E-state index contributed by atoms with van der Waals surface area (Å²) in [5.74, 6) is 0.573. The van der Waals surface area contributed by atoms with Crippen LogP contribution in [0.1, 0.15) is 29.2 Å². The summed E-state index contributed by atoms with van der Waals surface area (Å²) in [7, 11) is 0. The number of amides is 2. The van der Waals surface area contributed by atoms with E-state index in [0.29, 0.717) is 40.2 Å². The summed E-state index contributed by atoms with van der Waals surface area (Å²) in [6.07, 6.45) is 1.66. The van der Waals surface area contributed by atoms with Gasteiger partial charge in [0.25, 0.3) is 11.1 Å². The molecule has 1 aliphatic rings. The van der Waals surface area contributed by atoms with E-state index >= 15 is 0 Å². The standard InChI is InChI=1S/C27H23BrClNO4S/c1-3-33-23-13-19(12-22(29)25(23)34-16-18-10-8-17(2)9-11-18)14-24-26(31)30(27(32)35-24)15-20-6-4-5-7-21(20)28/h4-14H,3,15-16H2,1-2H3/b24-14-. The molecule has 0 saturated carbocycles. The third-order valence-electron chi connectivity index (χ3n) is 5.29. The van der Waals surface area contributed by atoms with Crippen molar-refractivity contribution in [2.24, 2.45) is 0 Å². The number of nitrogens with zero attached hydrogens (tertiary/aromatic N) is 1. The molecular weight excluding hydrogens is 550 g/mol. The maximum Gasteiger partial charge on any atom is 0.293 e. The fourth-order valence-electron chi connectivity index (χ4n) is 3.50. The summed E-state index contributed by atoms with van der Waals surface area (Å²) in [5.41, 5.74) is 3.68. The molecule has 5 nitrogen and oxygen atoms in total. The largest absolute Gasteiger partial charge is 0.490 e. The van der Waals surface area contributed by atoms with Gasteiger partial charge in [0.05, 0.1) is 23.1 Å². The van der Waals surface area contributed by atoms with E-state index in [1.54, 1.807) is 18.2 Å². The average Bonchev–Trinajstić information content (AvgIpc) is 3.08. The highest BCUT2D eigenvalue weighted by Crippen LogP contribution is 2.40. The van der Waals surface area contributed by atoms with Crippen LogP contribution in [0.25, 0.3) is 6.08 Å². The Bertz CT molecular complexity index is 1290. The van der Waals surface area contributed by atoms with Gasteiger partial charge in [-0.25, -0.2) is 0 Å². The molecule has 1 saturated heterocycles. The van der Waals surface area contributed by atoms with Gasteiger partial charge in [0.15, 0.2) is 11.5 Å². The fourth-order valence-corrected chi connectivity index (χ4v) is 5.02. The summed E-state index contributed by atoms with van der Waals surface area (Å²) in [6, 6.07) is 19.0. The van der Waals surface area contributed by atoms with Crippen molar-refractivity contribution in [3.05, 3.63) is 97.3 Å². The molecular formula is C27H23BrClNO4S. The molecule has 0 bridgehead atoms. The van der Waals surface area contributed by atoms with Gasteiger partial charge in [0, 0.05) is 4.47 Å². The van der Waals surface area contributed by atoms with E-state index in [1.807, 2.05) is 62.4 Å². The minimum atomic E-state index is -0.343. The first kappa shape index (κ1) is 25.4. The number of ether oxygens (including phenoxy) is 2. The van der Waals surface area contributed by atoms with Crippen LogP contribution in [-0.4, -0.2) is 22.7 Å². The van der Waals surface area contributed by atoms with Gasteiger partial charge in [-0.2, -0.15) is 0 Å². The molecule has 4 rings (SSSR count). The summed E-state index contributed by atoms with van der Waals surface area (Å²) in [4.78, 5) is 27.1. The molecule has 8 heteroatoms. The van der Waals surface area contributed by atoms with E-state index in [-0.39, 0.29) is 17.7 Å². The minimum absolute atomic E-state index is 0.195. The van der Waals surface area contributed by atoms with Crippen LogP contribution < -0.4 is 9.47 Å². The van der Waals surface area contributed by atoms with E-state index in [2.05, 4.69) is 15.9 Å². The highest BCUT2D eigenvalue weighted by molar-refractivity contribution is 9.10. The third kappa shape index (κ3) is 6.10. The van der Waals surface area contributed by atoms with Gasteiger partial charge in [-0.3, -0.25) is 14.5 Å². The second-order valence-corrected chi connectivity index (χ2v) is 10.2. The fraction of sp³-hybridized carbons (Fsp3) is 0.185. The average molecular weight is 573 g/mol.